The van der Waals surface area contributed by atoms with E-state index in [0.717, 1.165) is 18.7 Å². The van der Waals surface area contributed by atoms with Gasteiger partial charge in [0.25, 0.3) is 0 Å². The van der Waals surface area contributed by atoms with Crippen molar-refractivity contribution in [3.8, 4) is 0 Å². The van der Waals surface area contributed by atoms with Crippen LogP contribution in [0.3, 0.4) is 0 Å². The van der Waals surface area contributed by atoms with Gasteiger partial charge in [0.2, 0.25) is 5.91 Å². The molecule has 20 heavy (non-hydrogen) atoms. The quantitative estimate of drug-likeness (QED) is 0.899. The minimum Gasteiger partial charge on any atom is -0.309 e. The zero-order valence-electron chi connectivity index (χ0n) is 11.1. The van der Waals surface area contributed by atoms with Crippen molar-refractivity contribution in [2.45, 2.75) is 44.7 Å². The molecule has 2 heterocycles. The summed E-state index contributed by atoms with van der Waals surface area (Å²) in [5.41, 5.74) is 0. The predicted octanol–water partition coefficient (Wildman–Crippen LogP) is 1.01. The SMILES string of the molecule is O=C(Cn1cnnn1)Nc1ccnn1C1CCCCC1. The average Bonchev–Trinajstić information content (AvgIpc) is 3.11. The van der Waals surface area contributed by atoms with Gasteiger partial charge in [-0.25, -0.2) is 9.36 Å². The summed E-state index contributed by atoms with van der Waals surface area (Å²) in [5.74, 6) is 0.588. The van der Waals surface area contributed by atoms with E-state index in [1.54, 1.807) is 6.20 Å². The summed E-state index contributed by atoms with van der Waals surface area (Å²) in [5, 5.41) is 17.9. The Labute approximate surface area is 116 Å². The minimum absolute atomic E-state index is 0.100. The summed E-state index contributed by atoms with van der Waals surface area (Å²) in [7, 11) is 0. The van der Waals surface area contributed by atoms with Gasteiger partial charge in [-0.2, -0.15) is 5.10 Å². The topological polar surface area (TPSA) is 90.5 Å². The Balaban J connectivity index is 1.65. The van der Waals surface area contributed by atoms with Gasteiger partial charge in [-0.05, 0) is 23.3 Å². The van der Waals surface area contributed by atoms with Gasteiger partial charge in [0.15, 0.2) is 0 Å². The summed E-state index contributed by atoms with van der Waals surface area (Å²) in [6.45, 7) is 0.100. The number of amides is 1. The second-order valence-corrected chi connectivity index (χ2v) is 5.01. The molecular formula is C12H17N7O. The molecule has 106 valence electrons. The van der Waals surface area contributed by atoms with Crippen molar-refractivity contribution in [3.05, 3.63) is 18.6 Å². The number of hydrogen-bond acceptors (Lipinski definition) is 5. The van der Waals surface area contributed by atoms with E-state index in [9.17, 15) is 4.79 Å². The Morgan fingerprint density at radius 3 is 2.95 bits per heavy atom. The summed E-state index contributed by atoms with van der Waals surface area (Å²) >= 11 is 0. The first-order chi connectivity index (χ1) is 9.83. The number of anilines is 1. The molecule has 1 aliphatic rings. The van der Waals surface area contributed by atoms with E-state index in [1.165, 1.54) is 30.3 Å². The van der Waals surface area contributed by atoms with Crippen molar-refractivity contribution in [2.75, 3.05) is 5.32 Å². The highest BCUT2D eigenvalue weighted by Gasteiger charge is 2.19. The molecule has 1 fully saturated rings. The fraction of sp³-hybridized carbons (Fsp3) is 0.583. The van der Waals surface area contributed by atoms with E-state index < -0.39 is 0 Å². The molecule has 3 rings (SSSR count). The van der Waals surface area contributed by atoms with E-state index >= 15 is 0 Å². The molecule has 0 radical (unpaired) electrons. The third kappa shape index (κ3) is 2.84. The van der Waals surface area contributed by atoms with Gasteiger partial charge in [-0.15, -0.1) is 5.10 Å². The van der Waals surface area contributed by atoms with Gasteiger partial charge in [-0.1, -0.05) is 19.3 Å². The maximum Gasteiger partial charge on any atom is 0.247 e. The molecule has 0 aliphatic heterocycles. The van der Waals surface area contributed by atoms with E-state index in [1.807, 2.05) is 10.7 Å². The maximum absolute atomic E-state index is 11.9. The molecule has 0 atom stereocenters. The fourth-order valence-corrected chi connectivity index (χ4v) is 2.61. The second kappa shape index (κ2) is 5.81. The molecule has 1 saturated carbocycles. The molecule has 8 nitrogen and oxygen atoms in total. The van der Waals surface area contributed by atoms with Crippen molar-refractivity contribution in [3.63, 3.8) is 0 Å². The van der Waals surface area contributed by atoms with Crippen LogP contribution < -0.4 is 5.32 Å². The van der Waals surface area contributed by atoms with Gasteiger partial charge < -0.3 is 5.32 Å². The van der Waals surface area contributed by atoms with Crippen LogP contribution in [-0.2, 0) is 11.3 Å². The Hall–Kier alpha value is -2.25. The summed E-state index contributed by atoms with van der Waals surface area (Å²) in [6, 6.07) is 2.22. The second-order valence-electron chi connectivity index (χ2n) is 5.01. The monoisotopic (exact) mass is 275 g/mol. The first kappa shape index (κ1) is 12.8. The van der Waals surface area contributed by atoms with Crippen LogP contribution >= 0.6 is 0 Å². The van der Waals surface area contributed by atoms with Crippen LogP contribution in [0.5, 0.6) is 0 Å². The molecule has 0 saturated heterocycles. The average molecular weight is 275 g/mol. The molecule has 0 spiro atoms. The van der Waals surface area contributed by atoms with E-state index in [-0.39, 0.29) is 12.5 Å². The number of carbonyl (C=O) groups is 1. The van der Waals surface area contributed by atoms with Gasteiger partial charge >= 0.3 is 0 Å². The van der Waals surface area contributed by atoms with Gasteiger partial charge in [0.1, 0.15) is 18.7 Å². The first-order valence-electron chi connectivity index (χ1n) is 6.87. The predicted molar refractivity (Wildman–Crippen MR) is 70.8 cm³/mol. The number of nitrogens with one attached hydrogen (secondary N) is 1. The van der Waals surface area contributed by atoms with Crippen molar-refractivity contribution < 1.29 is 4.79 Å². The molecule has 1 N–H and O–H groups in total. The highest BCUT2D eigenvalue weighted by molar-refractivity contribution is 5.89. The zero-order chi connectivity index (χ0) is 13.8. The van der Waals surface area contributed by atoms with Crippen LogP contribution in [0.4, 0.5) is 5.82 Å². The van der Waals surface area contributed by atoms with Gasteiger partial charge in [0, 0.05) is 6.07 Å². The number of hydrogen-bond donors (Lipinski definition) is 1. The van der Waals surface area contributed by atoms with Crippen LogP contribution in [0.15, 0.2) is 18.6 Å². The number of rotatable bonds is 4. The largest absolute Gasteiger partial charge is 0.309 e. The van der Waals surface area contributed by atoms with E-state index in [0.29, 0.717) is 6.04 Å². The van der Waals surface area contributed by atoms with Crippen molar-refractivity contribution in [2.24, 2.45) is 0 Å². The lowest BCUT2D eigenvalue weighted by Gasteiger charge is -2.23. The number of tetrazole rings is 1. The third-order valence-corrected chi connectivity index (χ3v) is 3.56. The van der Waals surface area contributed by atoms with Crippen molar-refractivity contribution >= 4 is 11.7 Å². The third-order valence-electron chi connectivity index (χ3n) is 3.56. The molecule has 1 amide bonds. The molecule has 0 aromatic carbocycles. The van der Waals surface area contributed by atoms with Crippen molar-refractivity contribution in [1.29, 1.82) is 0 Å². The molecule has 2 aromatic heterocycles. The molecule has 1 aliphatic carbocycles. The minimum atomic E-state index is -0.158. The highest BCUT2D eigenvalue weighted by atomic mass is 16.2. The van der Waals surface area contributed by atoms with E-state index in [4.69, 9.17) is 0 Å². The summed E-state index contributed by atoms with van der Waals surface area (Å²) in [6.07, 6.45) is 9.12. The summed E-state index contributed by atoms with van der Waals surface area (Å²) < 4.78 is 3.31. The Kier molecular flexibility index (Phi) is 3.71. The highest BCUT2D eigenvalue weighted by Crippen LogP contribution is 2.29. The normalized spacial score (nSPS) is 16.2. The van der Waals surface area contributed by atoms with Crippen molar-refractivity contribution in [1.82, 2.24) is 30.0 Å². The molecule has 0 unspecified atom stereocenters. The lowest BCUT2D eigenvalue weighted by Crippen LogP contribution is -2.23. The smallest absolute Gasteiger partial charge is 0.247 e. The van der Waals surface area contributed by atoms with Gasteiger partial charge in [-0.3, -0.25) is 4.79 Å². The molecular weight excluding hydrogens is 258 g/mol. The van der Waals surface area contributed by atoms with Crippen LogP contribution in [-0.4, -0.2) is 35.9 Å². The number of nitrogens with zero attached hydrogens (tertiary/aromatic N) is 6. The Morgan fingerprint density at radius 1 is 1.35 bits per heavy atom. The number of aromatic nitrogens is 6. The van der Waals surface area contributed by atoms with Gasteiger partial charge in [0.05, 0.1) is 12.2 Å². The standard InChI is InChI=1S/C12H17N7O/c20-12(8-18-9-13-16-17-18)15-11-6-7-14-19(11)10-4-2-1-3-5-10/h6-7,9-10H,1-5,8H2,(H,15,20). The first-order valence-corrected chi connectivity index (χ1v) is 6.87. The Morgan fingerprint density at radius 2 is 2.20 bits per heavy atom. The van der Waals surface area contributed by atoms with Crippen LogP contribution in [0, 0.1) is 0 Å². The molecule has 0 bridgehead atoms. The molecule has 2 aromatic rings. The van der Waals surface area contributed by atoms with E-state index in [2.05, 4.69) is 25.9 Å². The van der Waals surface area contributed by atoms with Crippen LogP contribution in [0.1, 0.15) is 38.1 Å². The fourth-order valence-electron chi connectivity index (χ4n) is 2.61. The zero-order valence-corrected chi connectivity index (χ0v) is 11.1. The lowest BCUT2D eigenvalue weighted by atomic mass is 9.96. The van der Waals surface area contributed by atoms with Crippen LogP contribution in [0.2, 0.25) is 0 Å². The molecule has 8 heteroatoms. The lowest BCUT2D eigenvalue weighted by molar-refractivity contribution is -0.117. The summed E-state index contributed by atoms with van der Waals surface area (Å²) in [4.78, 5) is 11.9. The number of carbonyl (C=O) groups excluding carboxylic acids is 1. The van der Waals surface area contributed by atoms with Crippen LogP contribution in [0.25, 0.3) is 0 Å². The maximum atomic E-state index is 11.9. The Bertz CT molecular complexity index is 556.